The van der Waals surface area contributed by atoms with Gasteiger partial charge in [-0.3, -0.25) is 4.79 Å². The van der Waals surface area contributed by atoms with Gasteiger partial charge in [-0.05, 0) is 57.8 Å². The van der Waals surface area contributed by atoms with Crippen LogP contribution in [0.4, 0.5) is 0 Å². The molecule has 2 aliphatic heterocycles. The lowest BCUT2D eigenvalue weighted by Gasteiger charge is -2.22. The van der Waals surface area contributed by atoms with Crippen LogP contribution in [0.2, 0.25) is 0 Å². The predicted molar refractivity (Wildman–Crippen MR) is 68.9 cm³/mol. The molecule has 0 radical (unpaired) electrons. The average Bonchev–Trinajstić information content (AvgIpc) is 2.83. The van der Waals surface area contributed by atoms with Gasteiger partial charge in [0.05, 0.1) is 0 Å². The molecule has 0 aliphatic carbocycles. The fraction of sp³-hybridized carbons (Fsp3) is 0.923. The van der Waals surface area contributed by atoms with E-state index < -0.39 is 0 Å². The Morgan fingerprint density at radius 3 is 2.65 bits per heavy atom. The molecule has 2 fully saturated rings. The zero-order valence-electron chi connectivity index (χ0n) is 10.7. The molecular formula is C13H25N3O. The lowest BCUT2D eigenvalue weighted by molar-refractivity contribution is -0.122. The third kappa shape index (κ3) is 4.64. The van der Waals surface area contributed by atoms with E-state index in [-0.39, 0.29) is 5.91 Å². The summed E-state index contributed by atoms with van der Waals surface area (Å²) in [6, 6.07) is 0. The number of amides is 1. The van der Waals surface area contributed by atoms with Crippen molar-refractivity contribution in [3.8, 4) is 0 Å². The smallest absolute Gasteiger partial charge is 0.220 e. The quantitative estimate of drug-likeness (QED) is 0.738. The molecule has 2 N–H and O–H groups in total. The first-order valence-corrected chi connectivity index (χ1v) is 7.04. The van der Waals surface area contributed by atoms with Gasteiger partial charge < -0.3 is 15.5 Å². The summed E-state index contributed by atoms with van der Waals surface area (Å²) in [4.78, 5) is 14.2. The first-order valence-electron chi connectivity index (χ1n) is 7.04. The Bertz CT molecular complexity index is 233. The summed E-state index contributed by atoms with van der Waals surface area (Å²) in [5, 5.41) is 6.39. The first kappa shape index (κ1) is 12.8. The van der Waals surface area contributed by atoms with Crippen LogP contribution in [0.25, 0.3) is 0 Å². The van der Waals surface area contributed by atoms with Gasteiger partial charge in [0, 0.05) is 19.5 Å². The van der Waals surface area contributed by atoms with Gasteiger partial charge in [-0.25, -0.2) is 0 Å². The molecule has 0 atom stereocenters. The van der Waals surface area contributed by atoms with Gasteiger partial charge >= 0.3 is 0 Å². The Morgan fingerprint density at radius 2 is 1.94 bits per heavy atom. The lowest BCUT2D eigenvalue weighted by Crippen LogP contribution is -2.36. The van der Waals surface area contributed by atoms with E-state index in [0.717, 1.165) is 45.4 Å². The van der Waals surface area contributed by atoms with Crippen molar-refractivity contribution in [2.24, 2.45) is 5.92 Å². The molecule has 2 saturated heterocycles. The number of nitrogens with zero attached hydrogens (tertiary/aromatic N) is 1. The highest BCUT2D eigenvalue weighted by Crippen LogP contribution is 2.15. The number of rotatable bonds is 5. The molecule has 0 saturated carbocycles. The molecule has 2 rings (SSSR count). The summed E-state index contributed by atoms with van der Waals surface area (Å²) >= 11 is 0. The molecule has 2 heterocycles. The van der Waals surface area contributed by atoms with Crippen LogP contribution in [-0.2, 0) is 4.79 Å². The maximum Gasteiger partial charge on any atom is 0.220 e. The van der Waals surface area contributed by atoms with Crippen molar-refractivity contribution in [3.05, 3.63) is 0 Å². The SMILES string of the molecule is O=C(CC1CCNCC1)NCCN1CCCC1. The minimum atomic E-state index is 0.246. The van der Waals surface area contributed by atoms with Crippen molar-refractivity contribution in [1.29, 1.82) is 0 Å². The molecule has 1 amide bonds. The van der Waals surface area contributed by atoms with E-state index in [1.165, 1.54) is 25.9 Å². The summed E-state index contributed by atoms with van der Waals surface area (Å²) < 4.78 is 0. The average molecular weight is 239 g/mol. The first-order chi connectivity index (χ1) is 8.34. The number of hydrogen-bond donors (Lipinski definition) is 2. The Balaban J connectivity index is 1.53. The molecule has 17 heavy (non-hydrogen) atoms. The highest BCUT2D eigenvalue weighted by molar-refractivity contribution is 5.76. The predicted octanol–water partition coefficient (Wildman–Crippen LogP) is 0.588. The molecule has 0 spiro atoms. The fourth-order valence-corrected chi connectivity index (χ4v) is 2.78. The van der Waals surface area contributed by atoms with Gasteiger partial charge in [0.15, 0.2) is 0 Å². The molecule has 4 heteroatoms. The molecule has 0 aromatic carbocycles. The number of carbonyl (C=O) groups is 1. The molecule has 0 bridgehead atoms. The van der Waals surface area contributed by atoms with Crippen LogP contribution in [0.3, 0.4) is 0 Å². The molecule has 0 unspecified atom stereocenters. The van der Waals surface area contributed by atoms with Gasteiger partial charge in [0.1, 0.15) is 0 Å². The summed E-state index contributed by atoms with van der Waals surface area (Å²) in [6.07, 6.45) is 5.67. The summed E-state index contributed by atoms with van der Waals surface area (Å²) in [7, 11) is 0. The highest BCUT2D eigenvalue weighted by Gasteiger charge is 2.17. The molecule has 4 nitrogen and oxygen atoms in total. The van der Waals surface area contributed by atoms with E-state index in [4.69, 9.17) is 0 Å². The van der Waals surface area contributed by atoms with Crippen LogP contribution in [0.5, 0.6) is 0 Å². The Hall–Kier alpha value is -0.610. The van der Waals surface area contributed by atoms with Crippen molar-refractivity contribution in [2.45, 2.75) is 32.1 Å². The fourth-order valence-electron chi connectivity index (χ4n) is 2.78. The molecular weight excluding hydrogens is 214 g/mol. The van der Waals surface area contributed by atoms with Gasteiger partial charge in [0.2, 0.25) is 5.91 Å². The maximum atomic E-state index is 11.7. The molecule has 98 valence electrons. The minimum Gasteiger partial charge on any atom is -0.355 e. The number of likely N-dealkylation sites (tertiary alicyclic amines) is 1. The number of carbonyl (C=O) groups excluding carboxylic acids is 1. The second-order valence-electron chi connectivity index (χ2n) is 5.30. The van der Waals surface area contributed by atoms with Gasteiger partial charge in [-0.15, -0.1) is 0 Å². The van der Waals surface area contributed by atoms with Crippen LogP contribution in [0.15, 0.2) is 0 Å². The maximum absolute atomic E-state index is 11.7. The van der Waals surface area contributed by atoms with Gasteiger partial charge in [-0.1, -0.05) is 0 Å². The monoisotopic (exact) mass is 239 g/mol. The minimum absolute atomic E-state index is 0.246. The second kappa shape index (κ2) is 6.97. The van der Waals surface area contributed by atoms with Crippen molar-refractivity contribution in [3.63, 3.8) is 0 Å². The van der Waals surface area contributed by atoms with Crippen LogP contribution >= 0.6 is 0 Å². The number of nitrogens with one attached hydrogen (secondary N) is 2. The summed E-state index contributed by atoms with van der Waals surface area (Å²) in [5.41, 5.74) is 0. The number of piperidine rings is 1. The standard InChI is InChI=1S/C13H25N3O/c17-13(11-12-3-5-14-6-4-12)15-7-10-16-8-1-2-9-16/h12,14H,1-11H2,(H,15,17). The lowest BCUT2D eigenvalue weighted by atomic mass is 9.94. The van der Waals surface area contributed by atoms with Crippen molar-refractivity contribution < 1.29 is 4.79 Å². The van der Waals surface area contributed by atoms with Crippen LogP contribution < -0.4 is 10.6 Å². The van der Waals surface area contributed by atoms with E-state index in [1.807, 2.05) is 0 Å². The van der Waals surface area contributed by atoms with E-state index in [1.54, 1.807) is 0 Å². The zero-order valence-corrected chi connectivity index (χ0v) is 10.7. The van der Waals surface area contributed by atoms with Crippen molar-refractivity contribution in [2.75, 3.05) is 39.3 Å². The molecule has 2 aliphatic rings. The van der Waals surface area contributed by atoms with Crippen LogP contribution in [-0.4, -0.2) is 50.1 Å². The van der Waals surface area contributed by atoms with Crippen molar-refractivity contribution in [1.82, 2.24) is 15.5 Å². The normalized spacial score (nSPS) is 22.8. The second-order valence-corrected chi connectivity index (χ2v) is 5.30. The van der Waals surface area contributed by atoms with Gasteiger partial charge in [-0.2, -0.15) is 0 Å². The van der Waals surface area contributed by atoms with Crippen molar-refractivity contribution >= 4 is 5.91 Å². The van der Waals surface area contributed by atoms with E-state index in [0.29, 0.717) is 5.92 Å². The topological polar surface area (TPSA) is 44.4 Å². The summed E-state index contributed by atoms with van der Waals surface area (Å²) in [6.45, 7) is 6.42. The van der Waals surface area contributed by atoms with Gasteiger partial charge in [0.25, 0.3) is 0 Å². The highest BCUT2D eigenvalue weighted by atomic mass is 16.1. The van der Waals surface area contributed by atoms with E-state index in [2.05, 4.69) is 15.5 Å². The van der Waals surface area contributed by atoms with E-state index in [9.17, 15) is 4.79 Å². The Morgan fingerprint density at radius 1 is 1.24 bits per heavy atom. The zero-order chi connectivity index (χ0) is 11.9. The van der Waals surface area contributed by atoms with Crippen LogP contribution in [0, 0.1) is 5.92 Å². The molecule has 0 aromatic heterocycles. The third-order valence-electron chi connectivity index (χ3n) is 3.88. The Labute approximate surface area is 104 Å². The molecule has 0 aromatic rings. The Kier molecular flexibility index (Phi) is 5.26. The van der Waals surface area contributed by atoms with Crippen LogP contribution in [0.1, 0.15) is 32.1 Å². The number of hydrogen-bond acceptors (Lipinski definition) is 3. The largest absolute Gasteiger partial charge is 0.355 e. The third-order valence-corrected chi connectivity index (χ3v) is 3.88. The van der Waals surface area contributed by atoms with E-state index >= 15 is 0 Å². The summed E-state index contributed by atoms with van der Waals surface area (Å²) in [5.74, 6) is 0.846.